The smallest absolute Gasteiger partial charge is 0.325 e. The van der Waals surface area contributed by atoms with Crippen LogP contribution in [-0.4, -0.2) is 36.5 Å². The molecular formula is C31H32ClF4N3O. The van der Waals surface area contributed by atoms with Crippen molar-refractivity contribution < 1.29 is 22.4 Å². The van der Waals surface area contributed by atoms with Crippen molar-refractivity contribution in [3.05, 3.63) is 88.7 Å². The van der Waals surface area contributed by atoms with Crippen LogP contribution in [0.15, 0.2) is 66.7 Å². The predicted molar refractivity (Wildman–Crippen MR) is 150 cm³/mol. The number of benzene rings is 3. The Kier molecular flexibility index (Phi) is 8.50. The average molecular weight is 574 g/mol. The van der Waals surface area contributed by atoms with Crippen molar-refractivity contribution in [1.29, 1.82) is 0 Å². The molecule has 40 heavy (non-hydrogen) atoms. The van der Waals surface area contributed by atoms with Gasteiger partial charge in [0, 0.05) is 30.4 Å². The molecule has 212 valence electrons. The van der Waals surface area contributed by atoms with Crippen LogP contribution in [0.25, 0.3) is 11.1 Å². The van der Waals surface area contributed by atoms with E-state index in [1.807, 2.05) is 12.1 Å². The number of carbonyl (C=O) groups excluding carboxylic acids is 1. The lowest BCUT2D eigenvalue weighted by atomic mass is 9.79. The molecule has 1 amide bonds. The third-order valence-corrected chi connectivity index (χ3v) is 8.55. The summed E-state index contributed by atoms with van der Waals surface area (Å²) in [6.07, 6.45) is 1.98. The van der Waals surface area contributed by atoms with Gasteiger partial charge in [0.2, 0.25) is 5.91 Å². The van der Waals surface area contributed by atoms with Crippen LogP contribution in [0.3, 0.4) is 0 Å². The standard InChI is InChI=1S/C31H32ClF4N3O/c32-27-19-23(13-14-28(27)33)38-29(40)20-37-30(15-17-39(18-16-30)24-5-1-2-6-24)22-11-9-21(10-12-22)25-7-3-4-8-26(25)31(34,35)36/h3-4,7-14,19,24,37H,1-2,5-6,15-18,20H2,(H,38,40). The van der Waals surface area contributed by atoms with Gasteiger partial charge >= 0.3 is 6.18 Å². The normalized spacial score (nSPS) is 18.1. The number of amides is 1. The van der Waals surface area contributed by atoms with Crippen LogP contribution in [0.4, 0.5) is 23.2 Å². The first-order valence-electron chi connectivity index (χ1n) is 13.7. The van der Waals surface area contributed by atoms with Crippen molar-refractivity contribution in [3.63, 3.8) is 0 Å². The maximum absolute atomic E-state index is 13.6. The minimum Gasteiger partial charge on any atom is -0.325 e. The van der Waals surface area contributed by atoms with E-state index in [2.05, 4.69) is 15.5 Å². The van der Waals surface area contributed by atoms with Gasteiger partial charge in [-0.3, -0.25) is 10.1 Å². The van der Waals surface area contributed by atoms with Gasteiger partial charge in [-0.25, -0.2) is 4.39 Å². The van der Waals surface area contributed by atoms with E-state index in [4.69, 9.17) is 11.6 Å². The van der Waals surface area contributed by atoms with Gasteiger partial charge in [0.15, 0.2) is 0 Å². The van der Waals surface area contributed by atoms with E-state index in [9.17, 15) is 22.4 Å². The summed E-state index contributed by atoms with van der Waals surface area (Å²) in [6, 6.07) is 17.4. The van der Waals surface area contributed by atoms with E-state index in [1.54, 1.807) is 18.2 Å². The van der Waals surface area contributed by atoms with Crippen molar-refractivity contribution in [1.82, 2.24) is 10.2 Å². The average Bonchev–Trinajstić information content (AvgIpc) is 3.49. The monoisotopic (exact) mass is 573 g/mol. The van der Waals surface area contributed by atoms with Crippen LogP contribution in [0, 0.1) is 5.82 Å². The largest absolute Gasteiger partial charge is 0.417 e. The highest BCUT2D eigenvalue weighted by atomic mass is 35.5. The van der Waals surface area contributed by atoms with Crippen LogP contribution in [0.2, 0.25) is 5.02 Å². The predicted octanol–water partition coefficient (Wildman–Crippen LogP) is 7.63. The van der Waals surface area contributed by atoms with Crippen molar-refractivity contribution in [2.24, 2.45) is 0 Å². The molecule has 0 spiro atoms. The summed E-state index contributed by atoms with van der Waals surface area (Å²) in [7, 11) is 0. The Morgan fingerprint density at radius 3 is 2.30 bits per heavy atom. The van der Waals surface area contributed by atoms with Gasteiger partial charge in [-0.15, -0.1) is 0 Å². The minimum absolute atomic E-state index is 0.0110. The second-order valence-corrected chi connectivity index (χ2v) is 11.1. The topological polar surface area (TPSA) is 44.4 Å². The van der Waals surface area contributed by atoms with Gasteiger partial charge in [-0.05, 0) is 66.6 Å². The first-order chi connectivity index (χ1) is 19.1. The van der Waals surface area contributed by atoms with Crippen molar-refractivity contribution >= 4 is 23.2 Å². The van der Waals surface area contributed by atoms with Gasteiger partial charge in [0.1, 0.15) is 5.82 Å². The number of nitrogens with zero attached hydrogens (tertiary/aromatic N) is 1. The molecule has 3 aromatic carbocycles. The van der Waals surface area contributed by atoms with Crippen LogP contribution in [0.1, 0.15) is 49.7 Å². The van der Waals surface area contributed by atoms with E-state index >= 15 is 0 Å². The Hall–Kier alpha value is -2.94. The van der Waals surface area contributed by atoms with Gasteiger partial charge in [0.05, 0.1) is 17.1 Å². The Morgan fingerprint density at radius 2 is 1.65 bits per heavy atom. The van der Waals surface area contributed by atoms with Gasteiger partial charge < -0.3 is 10.2 Å². The van der Waals surface area contributed by atoms with Crippen molar-refractivity contribution in [2.75, 3.05) is 25.0 Å². The first-order valence-corrected chi connectivity index (χ1v) is 14.0. The number of piperidine rings is 1. The number of nitrogens with one attached hydrogen (secondary N) is 2. The van der Waals surface area contributed by atoms with Crippen LogP contribution in [0.5, 0.6) is 0 Å². The number of alkyl halides is 3. The molecule has 3 aromatic rings. The van der Waals surface area contributed by atoms with Gasteiger partial charge in [0.25, 0.3) is 0 Å². The molecule has 1 aliphatic heterocycles. The molecule has 0 aromatic heterocycles. The van der Waals surface area contributed by atoms with E-state index in [1.165, 1.54) is 56.0 Å². The summed E-state index contributed by atoms with van der Waals surface area (Å²) >= 11 is 5.85. The lowest BCUT2D eigenvalue weighted by Gasteiger charge is -2.45. The summed E-state index contributed by atoms with van der Waals surface area (Å²) in [5, 5.41) is 6.16. The number of likely N-dealkylation sites (tertiary alicyclic amines) is 1. The number of carbonyl (C=O) groups is 1. The second-order valence-electron chi connectivity index (χ2n) is 10.7. The van der Waals surface area contributed by atoms with Crippen molar-refractivity contribution in [2.45, 2.75) is 56.3 Å². The number of hydrogen-bond donors (Lipinski definition) is 2. The molecule has 0 bridgehead atoms. The second kappa shape index (κ2) is 11.9. The molecule has 0 radical (unpaired) electrons. The summed E-state index contributed by atoms with van der Waals surface area (Å²) in [6.45, 7) is 1.74. The Bertz CT molecular complexity index is 1330. The Morgan fingerprint density at radius 1 is 0.975 bits per heavy atom. The molecule has 1 saturated carbocycles. The molecule has 9 heteroatoms. The van der Waals surface area contributed by atoms with E-state index in [0.717, 1.165) is 37.6 Å². The van der Waals surface area contributed by atoms with E-state index in [-0.39, 0.29) is 23.0 Å². The van der Waals surface area contributed by atoms with Gasteiger partial charge in [-0.2, -0.15) is 13.2 Å². The third-order valence-electron chi connectivity index (χ3n) is 8.26. The Balaban J connectivity index is 1.36. The third kappa shape index (κ3) is 6.35. The molecule has 4 nitrogen and oxygen atoms in total. The fraction of sp³-hybridized carbons (Fsp3) is 0.387. The Labute approximate surface area is 236 Å². The number of hydrogen-bond acceptors (Lipinski definition) is 3. The van der Waals surface area contributed by atoms with Crippen LogP contribution < -0.4 is 10.6 Å². The summed E-state index contributed by atoms with van der Waals surface area (Å²) < 4.78 is 54.4. The molecule has 0 unspecified atom stereocenters. The van der Waals surface area contributed by atoms with E-state index in [0.29, 0.717) is 17.3 Å². The molecule has 5 rings (SSSR count). The lowest BCUT2D eigenvalue weighted by Crippen LogP contribution is -2.54. The van der Waals surface area contributed by atoms with Crippen molar-refractivity contribution in [3.8, 4) is 11.1 Å². The van der Waals surface area contributed by atoms with E-state index < -0.39 is 23.1 Å². The molecular weight excluding hydrogens is 542 g/mol. The lowest BCUT2D eigenvalue weighted by molar-refractivity contribution is -0.137. The highest BCUT2D eigenvalue weighted by Gasteiger charge is 2.39. The molecule has 1 heterocycles. The summed E-state index contributed by atoms with van der Waals surface area (Å²) in [4.78, 5) is 15.4. The fourth-order valence-electron chi connectivity index (χ4n) is 6.09. The first kappa shape index (κ1) is 28.6. The summed E-state index contributed by atoms with van der Waals surface area (Å²) in [5.74, 6) is -0.858. The SMILES string of the molecule is O=C(CNC1(c2ccc(-c3ccccc3C(F)(F)F)cc2)CCN(C2CCCC2)CC1)Nc1ccc(F)c(Cl)c1. The molecule has 2 aliphatic rings. The molecule has 0 atom stereocenters. The molecule has 1 aliphatic carbocycles. The maximum atomic E-state index is 13.6. The number of rotatable bonds is 7. The highest BCUT2D eigenvalue weighted by Crippen LogP contribution is 2.39. The minimum atomic E-state index is -4.45. The molecule has 2 fully saturated rings. The molecule has 2 N–H and O–H groups in total. The zero-order valence-corrected chi connectivity index (χ0v) is 22.8. The maximum Gasteiger partial charge on any atom is 0.417 e. The molecule has 1 saturated heterocycles. The zero-order valence-electron chi connectivity index (χ0n) is 22.0. The van der Waals surface area contributed by atoms with Gasteiger partial charge in [-0.1, -0.05) is 66.9 Å². The van der Waals surface area contributed by atoms with Crippen LogP contribution >= 0.6 is 11.6 Å². The van der Waals surface area contributed by atoms with Crippen LogP contribution in [-0.2, 0) is 16.5 Å². The number of halogens is 5. The summed E-state index contributed by atoms with van der Waals surface area (Å²) in [5.41, 5.74) is 0.770. The fourth-order valence-corrected chi connectivity index (χ4v) is 6.27. The zero-order chi connectivity index (χ0) is 28.3. The quantitative estimate of drug-likeness (QED) is 0.286. The highest BCUT2D eigenvalue weighted by molar-refractivity contribution is 6.31. The number of anilines is 1.